The van der Waals surface area contributed by atoms with Crippen LogP contribution in [0.1, 0.15) is 53.9 Å². The van der Waals surface area contributed by atoms with E-state index >= 15 is 0 Å². The van der Waals surface area contributed by atoms with Gasteiger partial charge in [-0.2, -0.15) is 0 Å². The first kappa shape index (κ1) is 25.5. The van der Waals surface area contributed by atoms with Gasteiger partial charge in [0.25, 0.3) is 0 Å². The van der Waals surface area contributed by atoms with Crippen LogP contribution in [0.4, 0.5) is 0 Å². The zero-order valence-corrected chi connectivity index (χ0v) is 19.5. The number of fused-ring (bicyclic) bond motifs is 1. The third kappa shape index (κ3) is 6.35. The minimum atomic E-state index is -1.68. The molecule has 1 saturated carbocycles. The SMILES string of the molecule is CC(=O)O[C@H]1CC2C(COC(=O)CC(C)C)=CO[C@@H](OC(=O)CC(C)C)[C@@H]2[C@@]1(O)CCl. The van der Waals surface area contributed by atoms with E-state index in [-0.39, 0.29) is 49.6 Å². The molecule has 1 aliphatic heterocycles. The van der Waals surface area contributed by atoms with Gasteiger partial charge in [0.1, 0.15) is 18.3 Å². The second kappa shape index (κ2) is 10.7. The van der Waals surface area contributed by atoms with Crippen LogP contribution in [0.3, 0.4) is 0 Å². The van der Waals surface area contributed by atoms with Crippen molar-refractivity contribution >= 4 is 29.5 Å². The smallest absolute Gasteiger partial charge is 0.309 e. The average Bonchev–Trinajstić information content (AvgIpc) is 2.93. The van der Waals surface area contributed by atoms with Crippen LogP contribution < -0.4 is 0 Å². The van der Waals surface area contributed by atoms with E-state index in [2.05, 4.69) is 0 Å². The summed E-state index contributed by atoms with van der Waals surface area (Å²) in [5.41, 5.74) is -1.07. The number of hydrogen-bond donors (Lipinski definition) is 1. The Morgan fingerprint density at radius 1 is 1.16 bits per heavy atom. The Balaban J connectivity index is 2.27. The van der Waals surface area contributed by atoms with Crippen molar-refractivity contribution in [2.24, 2.45) is 23.7 Å². The fourth-order valence-corrected chi connectivity index (χ4v) is 4.46. The minimum absolute atomic E-state index is 0.0372. The molecular weight excluding hydrogens is 428 g/mol. The molecule has 0 bridgehead atoms. The lowest BCUT2D eigenvalue weighted by Gasteiger charge is -2.40. The Morgan fingerprint density at radius 3 is 2.32 bits per heavy atom. The Morgan fingerprint density at radius 2 is 1.77 bits per heavy atom. The monoisotopic (exact) mass is 460 g/mol. The lowest BCUT2D eigenvalue weighted by atomic mass is 9.81. The normalized spacial score (nSPS) is 29.8. The zero-order valence-electron chi connectivity index (χ0n) is 18.8. The summed E-state index contributed by atoms with van der Waals surface area (Å²) in [6, 6.07) is 0. The highest BCUT2D eigenvalue weighted by molar-refractivity contribution is 6.18. The first-order chi connectivity index (χ1) is 14.5. The molecule has 31 heavy (non-hydrogen) atoms. The van der Waals surface area contributed by atoms with Crippen molar-refractivity contribution in [1.82, 2.24) is 0 Å². The molecule has 0 aromatic rings. The van der Waals surface area contributed by atoms with E-state index in [0.29, 0.717) is 5.57 Å². The van der Waals surface area contributed by atoms with Crippen molar-refractivity contribution < 1.29 is 38.4 Å². The fraction of sp³-hybridized carbons (Fsp3) is 0.773. The summed E-state index contributed by atoms with van der Waals surface area (Å²) >= 11 is 6.12. The molecule has 5 atom stereocenters. The fourth-order valence-electron chi connectivity index (χ4n) is 4.11. The number of alkyl halides is 1. The van der Waals surface area contributed by atoms with Crippen LogP contribution in [0.2, 0.25) is 0 Å². The number of halogens is 1. The Hall–Kier alpha value is -1.80. The molecule has 0 aromatic heterocycles. The number of ether oxygens (including phenoxy) is 4. The van der Waals surface area contributed by atoms with Crippen molar-refractivity contribution in [3.05, 3.63) is 11.8 Å². The van der Waals surface area contributed by atoms with E-state index in [1.807, 2.05) is 27.7 Å². The molecule has 9 heteroatoms. The molecule has 0 saturated heterocycles. The summed E-state index contributed by atoms with van der Waals surface area (Å²) in [7, 11) is 0. The second-order valence-corrected chi connectivity index (χ2v) is 9.40. The molecule has 0 aromatic carbocycles. The van der Waals surface area contributed by atoms with Crippen molar-refractivity contribution in [2.75, 3.05) is 12.5 Å². The number of carbonyl (C=O) groups excluding carboxylic acids is 3. The molecule has 1 fully saturated rings. The van der Waals surface area contributed by atoms with Crippen LogP contribution in [0.25, 0.3) is 0 Å². The highest BCUT2D eigenvalue weighted by Crippen LogP contribution is 2.51. The predicted molar refractivity (Wildman–Crippen MR) is 112 cm³/mol. The summed E-state index contributed by atoms with van der Waals surface area (Å²) < 4.78 is 21.9. The van der Waals surface area contributed by atoms with Gasteiger partial charge < -0.3 is 24.1 Å². The molecule has 2 rings (SSSR count). The lowest BCUT2D eigenvalue weighted by molar-refractivity contribution is -0.211. The van der Waals surface area contributed by atoms with Gasteiger partial charge in [-0.1, -0.05) is 27.7 Å². The van der Waals surface area contributed by atoms with Gasteiger partial charge in [-0.15, -0.1) is 11.6 Å². The lowest BCUT2D eigenvalue weighted by Crippen LogP contribution is -2.53. The van der Waals surface area contributed by atoms with Crippen molar-refractivity contribution in [3.63, 3.8) is 0 Å². The topological polar surface area (TPSA) is 108 Å². The Kier molecular flexibility index (Phi) is 8.77. The van der Waals surface area contributed by atoms with E-state index in [1.54, 1.807) is 0 Å². The summed E-state index contributed by atoms with van der Waals surface area (Å²) in [5.74, 6) is -2.58. The van der Waals surface area contributed by atoms with Crippen LogP contribution >= 0.6 is 11.6 Å². The van der Waals surface area contributed by atoms with Crippen LogP contribution in [-0.2, 0) is 33.3 Å². The molecule has 1 aliphatic carbocycles. The Labute approximate surface area is 188 Å². The largest absolute Gasteiger partial charge is 0.462 e. The van der Waals surface area contributed by atoms with Gasteiger partial charge in [-0.25, -0.2) is 0 Å². The molecule has 1 heterocycles. The quantitative estimate of drug-likeness (QED) is 0.318. The summed E-state index contributed by atoms with van der Waals surface area (Å²) in [5, 5.41) is 11.4. The Bertz CT molecular complexity index is 704. The number of hydrogen-bond acceptors (Lipinski definition) is 8. The van der Waals surface area contributed by atoms with Crippen molar-refractivity contribution in [1.29, 1.82) is 0 Å². The van der Waals surface area contributed by atoms with E-state index in [1.165, 1.54) is 13.2 Å². The molecule has 0 radical (unpaired) electrons. The van der Waals surface area contributed by atoms with Crippen LogP contribution in [0.5, 0.6) is 0 Å². The van der Waals surface area contributed by atoms with Gasteiger partial charge in [0, 0.05) is 31.3 Å². The molecular formula is C22H33ClO8. The van der Waals surface area contributed by atoms with Crippen molar-refractivity contribution in [3.8, 4) is 0 Å². The number of rotatable bonds is 9. The van der Waals surface area contributed by atoms with Gasteiger partial charge in [0.15, 0.2) is 0 Å². The third-order valence-corrected chi connectivity index (χ3v) is 5.91. The number of aliphatic hydroxyl groups is 1. The van der Waals surface area contributed by atoms with Gasteiger partial charge in [0.05, 0.1) is 18.1 Å². The third-order valence-electron chi connectivity index (χ3n) is 5.48. The van der Waals surface area contributed by atoms with E-state index in [9.17, 15) is 19.5 Å². The zero-order chi connectivity index (χ0) is 23.3. The number of carbonyl (C=O) groups is 3. The summed E-state index contributed by atoms with van der Waals surface area (Å²) in [4.78, 5) is 35.9. The molecule has 1 N–H and O–H groups in total. The molecule has 176 valence electrons. The highest BCUT2D eigenvalue weighted by Gasteiger charge is 2.62. The second-order valence-electron chi connectivity index (χ2n) is 9.13. The van der Waals surface area contributed by atoms with E-state index < -0.39 is 41.8 Å². The van der Waals surface area contributed by atoms with Crippen LogP contribution in [0, 0.1) is 23.7 Å². The van der Waals surface area contributed by atoms with Gasteiger partial charge in [-0.3, -0.25) is 14.4 Å². The predicted octanol–water partition coefficient (Wildman–Crippen LogP) is 2.94. The maximum absolute atomic E-state index is 12.3. The molecule has 1 unspecified atom stereocenters. The first-order valence-corrected chi connectivity index (χ1v) is 11.2. The maximum atomic E-state index is 12.3. The van der Waals surface area contributed by atoms with E-state index in [0.717, 1.165) is 0 Å². The van der Waals surface area contributed by atoms with Gasteiger partial charge >= 0.3 is 17.9 Å². The van der Waals surface area contributed by atoms with Crippen LogP contribution in [-0.4, -0.2) is 53.5 Å². The standard InChI is InChI=1S/C22H33ClO8/c1-12(2)6-18(25)28-9-15-10-29-21(31-19(26)7-13(3)4)20-16(15)8-17(30-14(5)24)22(20,27)11-23/h10,12-13,16-17,20-21,27H,6-9,11H2,1-5H3/t16?,17-,20+,21-,22+/m0/s1. The average molecular weight is 461 g/mol. The molecule has 0 spiro atoms. The van der Waals surface area contributed by atoms with Gasteiger partial charge in [0.2, 0.25) is 6.29 Å². The van der Waals surface area contributed by atoms with E-state index in [4.69, 9.17) is 30.5 Å². The van der Waals surface area contributed by atoms with Crippen LogP contribution in [0.15, 0.2) is 11.8 Å². The summed E-state index contributed by atoms with van der Waals surface area (Å²) in [6.07, 6.45) is 0.0907. The molecule has 8 nitrogen and oxygen atoms in total. The van der Waals surface area contributed by atoms with Gasteiger partial charge in [-0.05, 0) is 18.3 Å². The number of esters is 3. The first-order valence-electron chi connectivity index (χ1n) is 10.6. The summed E-state index contributed by atoms with van der Waals surface area (Å²) in [6.45, 7) is 8.81. The maximum Gasteiger partial charge on any atom is 0.309 e. The molecule has 2 aliphatic rings. The van der Waals surface area contributed by atoms with Crippen molar-refractivity contribution in [2.45, 2.75) is 71.9 Å². The minimum Gasteiger partial charge on any atom is -0.462 e. The highest BCUT2D eigenvalue weighted by atomic mass is 35.5. The molecule has 0 amide bonds.